The van der Waals surface area contributed by atoms with Gasteiger partial charge in [-0.05, 0) is 42.4 Å². The maximum Gasteiger partial charge on any atom is 0.227 e. The molecule has 24 heavy (non-hydrogen) atoms. The number of benzene rings is 1. The fourth-order valence-corrected chi connectivity index (χ4v) is 3.94. The summed E-state index contributed by atoms with van der Waals surface area (Å²) in [6, 6.07) is 8.15. The van der Waals surface area contributed by atoms with Crippen LogP contribution >= 0.6 is 0 Å². The third-order valence-corrected chi connectivity index (χ3v) is 5.74. The highest BCUT2D eigenvalue weighted by Crippen LogP contribution is 2.29. The van der Waals surface area contributed by atoms with Gasteiger partial charge >= 0.3 is 0 Å². The maximum absolute atomic E-state index is 12.4. The molecule has 0 aromatic heterocycles. The minimum absolute atomic E-state index is 0.103. The molecule has 2 amide bonds. The molecule has 1 saturated carbocycles. The van der Waals surface area contributed by atoms with Crippen LogP contribution in [0.25, 0.3) is 0 Å². The molecule has 4 nitrogen and oxygen atoms in total. The van der Waals surface area contributed by atoms with Gasteiger partial charge in [0.15, 0.2) is 0 Å². The molecule has 2 fully saturated rings. The molecule has 1 aliphatic carbocycles. The minimum Gasteiger partial charge on any atom is -0.353 e. The second kappa shape index (κ2) is 7.37. The largest absolute Gasteiger partial charge is 0.353 e. The summed E-state index contributed by atoms with van der Waals surface area (Å²) in [5.74, 6) is 1.53. The Labute approximate surface area is 144 Å². The molecular formula is C20H28N2O2. The molecule has 1 saturated heterocycles. The number of anilines is 1. The first kappa shape index (κ1) is 17.0. The molecular weight excluding hydrogens is 300 g/mol. The van der Waals surface area contributed by atoms with Gasteiger partial charge in [-0.3, -0.25) is 9.59 Å². The quantitative estimate of drug-likeness (QED) is 0.922. The number of carbonyl (C=O) groups excluding carboxylic acids is 2. The van der Waals surface area contributed by atoms with Crippen molar-refractivity contribution in [2.45, 2.75) is 58.4 Å². The molecule has 0 spiro atoms. The molecule has 130 valence electrons. The Bertz CT molecular complexity index is 596. The van der Waals surface area contributed by atoms with Crippen molar-refractivity contribution in [2.75, 3.05) is 11.4 Å². The summed E-state index contributed by atoms with van der Waals surface area (Å²) in [5, 5.41) is 3.22. The standard InChI is InChI=1S/C20H28N2O2/c1-14-5-3-6-18(15(14)2)21-19(23)13-16-8-10-17(11-9-16)22-12-4-7-20(22)24/h8-11,14-15,18H,3-7,12-13H2,1-2H3,(H,21,23). The van der Waals surface area contributed by atoms with Crippen LogP contribution in [0.1, 0.15) is 51.5 Å². The highest BCUT2D eigenvalue weighted by Gasteiger charge is 2.28. The van der Waals surface area contributed by atoms with E-state index < -0.39 is 0 Å². The first-order valence-corrected chi connectivity index (χ1v) is 9.23. The number of nitrogens with one attached hydrogen (secondary N) is 1. The van der Waals surface area contributed by atoms with E-state index in [9.17, 15) is 9.59 Å². The van der Waals surface area contributed by atoms with Crippen molar-refractivity contribution in [3.8, 4) is 0 Å². The molecule has 2 aliphatic rings. The first-order chi connectivity index (χ1) is 11.5. The summed E-state index contributed by atoms with van der Waals surface area (Å²) >= 11 is 0. The number of amides is 2. The topological polar surface area (TPSA) is 49.4 Å². The molecule has 1 aromatic carbocycles. The van der Waals surface area contributed by atoms with Gasteiger partial charge in [0.05, 0.1) is 6.42 Å². The van der Waals surface area contributed by atoms with E-state index in [0.717, 1.165) is 30.6 Å². The van der Waals surface area contributed by atoms with E-state index in [1.807, 2.05) is 29.2 Å². The molecule has 0 bridgehead atoms. The van der Waals surface area contributed by atoms with Crippen LogP contribution in [-0.2, 0) is 16.0 Å². The number of rotatable bonds is 4. The highest BCUT2D eigenvalue weighted by atomic mass is 16.2. The van der Waals surface area contributed by atoms with E-state index in [-0.39, 0.29) is 11.8 Å². The average molecular weight is 328 g/mol. The van der Waals surface area contributed by atoms with Gasteiger partial charge in [0.2, 0.25) is 11.8 Å². The Kier molecular flexibility index (Phi) is 5.22. The van der Waals surface area contributed by atoms with Crippen LogP contribution in [0, 0.1) is 11.8 Å². The second-order valence-corrected chi connectivity index (χ2v) is 7.43. The fourth-order valence-electron chi connectivity index (χ4n) is 3.94. The molecule has 1 aliphatic heterocycles. The lowest BCUT2D eigenvalue weighted by atomic mass is 9.78. The lowest BCUT2D eigenvalue weighted by Crippen LogP contribution is -2.44. The van der Waals surface area contributed by atoms with Crippen LogP contribution in [0.15, 0.2) is 24.3 Å². The Morgan fingerprint density at radius 2 is 1.92 bits per heavy atom. The molecule has 1 aromatic rings. The van der Waals surface area contributed by atoms with Crippen molar-refractivity contribution in [1.82, 2.24) is 5.32 Å². The number of nitrogens with zero attached hydrogens (tertiary/aromatic N) is 1. The molecule has 1 N–H and O–H groups in total. The number of carbonyl (C=O) groups is 2. The average Bonchev–Trinajstić information content (AvgIpc) is 2.99. The molecule has 3 unspecified atom stereocenters. The lowest BCUT2D eigenvalue weighted by Gasteiger charge is -2.34. The Morgan fingerprint density at radius 3 is 2.58 bits per heavy atom. The zero-order valence-electron chi connectivity index (χ0n) is 14.8. The van der Waals surface area contributed by atoms with Crippen LogP contribution in [0.2, 0.25) is 0 Å². The highest BCUT2D eigenvalue weighted by molar-refractivity contribution is 5.95. The Morgan fingerprint density at radius 1 is 1.17 bits per heavy atom. The van der Waals surface area contributed by atoms with E-state index in [1.165, 1.54) is 12.8 Å². The Hall–Kier alpha value is -1.84. The molecule has 4 heteroatoms. The zero-order chi connectivity index (χ0) is 17.1. The maximum atomic E-state index is 12.4. The predicted octanol–water partition coefficient (Wildman–Crippen LogP) is 3.30. The van der Waals surface area contributed by atoms with Gasteiger partial charge in [-0.25, -0.2) is 0 Å². The summed E-state index contributed by atoms with van der Waals surface area (Å²) in [7, 11) is 0. The molecule has 3 rings (SSSR count). The van der Waals surface area contributed by atoms with Crippen molar-refractivity contribution in [3.63, 3.8) is 0 Å². The zero-order valence-corrected chi connectivity index (χ0v) is 14.8. The molecule has 1 heterocycles. The minimum atomic E-state index is 0.103. The van der Waals surface area contributed by atoms with Crippen molar-refractivity contribution < 1.29 is 9.59 Å². The third-order valence-electron chi connectivity index (χ3n) is 5.74. The van der Waals surface area contributed by atoms with E-state index in [4.69, 9.17) is 0 Å². The van der Waals surface area contributed by atoms with Gasteiger partial charge in [0.1, 0.15) is 0 Å². The van der Waals surface area contributed by atoms with Gasteiger partial charge in [-0.15, -0.1) is 0 Å². The van der Waals surface area contributed by atoms with E-state index in [0.29, 0.717) is 30.7 Å². The summed E-state index contributed by atoms with van der Waals surface area (Å²) in [4.78, 5) is 26.0. The van der Waals surface area contributed by atoms with Crippen LogP contribution < -0.4 is 10.2 Å². The van der Waals surface area contributed by atoms with E-state index >= 15 is 0 Å². The van der Waals surface area contributed by atoms with Crippen molar-refractivity contribution in [2.24, 2.45) is 11.8 Å². The van der Waals surface area contributed by atoms with E-state index in [1.54, 1.807) is 0 Å². The Balaban J connectivity index is 1.55. The fraction of sp³-hybridized carbons (Fsp3) is 0.600. The summed E-state index contributed by atoms with van der Waals surface area (Å²) in [6.07, 6.45) is 5.54. The number of hydrogen-bond acceptors (Lipinski definition) is 2. The van der Waals surface area contributed by atoms with Crippen LogP contribution in [0.5, 0.6) is 0 Å². The van der Waals surface area contributed by atoms with E-state index in [2.05, 4.69) is 19.2 Å². The van der Waals surface area contributed by atoms with Crippen molar-refractivity contribution in [1.29, 1.82) is 0 Å². The third kappa shape index (κ3) is 3.80. The van der Waals surface area contributed by atoms with Gasteiger partial charge in [-0.2, -0.15) is 0 Å². The summed E-state index contributed by atoms with van der Waals surface area (Å²) in [6.45, 7) is 5.33. The SMILES string of the molecule is CC1CCCC(NC(=O)Cc2ccc(N3CCCC3=O)cc2)C1C. The summed E-state index contributed by atoms with van der Waals surface area (Å²) < 4.78 is 0. The van der Waals surface area contributed by atoms with Gasteiger partial charge in [-0.1, -0.05) is 38.8 Å². The predicted molar refractivity (Wildman–Crippen MR) is 95.8 cm³/mol. The van der Waals surface area contributed by atoms with Crippen LogP contribution in [0.3, 0.4) is 0 Å². The smallest absolute Gasteiger partial charge is 0.227 e. The first-order valence-electron chi connectivity index (χ1n) is 9.23. The molecule has 0 radical (unpaired) electrons. The van der Waals surface area contributed by atoms with Gasteiger partial charge in [0, 0.05) is 24.7 Å². The number of hydrogen-bond donors (Lipinski definition) is 1. The van der Waals surface area contributed by atoms with Crippen LogP contribution in [-0.4, -0.2) is 24.4 Å². The summed E-state index contributed by atoms with van der Waals surface area (Å²) in [5.41, 5.74) is 1.94. The monoisotopic (exact) mass is 328 g/mol. The van der Waals surface area contributed by atoms with Crippen molar-refractivity contribution in [3.05, 3.63) is 29.8 Å². The normalized spacial score (nSPS) is 27.3. The van der Waals surface area contributed by atoms with Crippen molar-refractivity contribution >= 4 is 17.5 Å². The lowest BCUT2D eigenvalue weighted by molar-refractivity contribution is -0.122. The van der Waals surface area contributed by atoms with Gasteiger partial charge < -0.3 is 10.2 Å². The van der Waals surface area contributed by atoms with Crippen LogP contribution in [0.4, 0.5) is 5.69 Å². The van der Waals surface area contributed by atoms with Gasteiger partial charge in [0.25, 0.3) is 0 Å². The second-order valence-electron chi connectivity index (χ2n) is 7.43. The molecule has 3 atom stereocenters.